The topological polar surface area (TPSA) is 29.5 Å². The molecule has 0 aliphatic rings. The number of carbonyl (C=O) groups is 1. The van der Waals surface area contributed by atoms with Crippen LogP contribution in [0.3, 0.4) is 0 Å². The zero-order valence-electron chi connectivity index (χ0n) is 10.2. The van der Waals surface area contributed by atoms with Crippen molar-refractivity contribution in [2.75, 3.05) is 27.2 Å². The molecule has 3 heteroatoms. The molecule has 0 atom stereocenters. The molecular weight excluding hydrogens is 202 g/mol. The van der Waals surface area contributed by atoms with E-state index < -0.39 is 0 Å². The Hall–Kier alpha value is -1.35. The van der Waals surface area contributed by atoms with E-state index in [1.54, 1.807) is 0 Å². The predicted octanol–water partition coefficient (Wildman–Crippen LogP) is 1.97. The maximum atomic E-state index is 11.6. The second kappa shape index (κ2) is 6.28. The van der Waals surface area contributed by atoms with Crippen molar-refractivity contribution >= 4 is 5.97 Å². The summed E-state index contributed by atoms with van der Waals surface area (Å²) in [5, 5.41) is 0. The summed E-state index contributed by atoms with van der Waals surface area (Å²) in [5.74, 6) is -0.246. The van der Waals surface area contributed by atoms with Crippen LogP contribution in [0.4, 0.5) is 0 Å². The van der Waals surface area contributed by atoms with Gasteiger partial charge in [-0.2, -0.15) is 0 Å². The van der Waals surface area contributed by atoms with E-state index in [0.717, 1.165) is 13.0 Å². The van der Waals surface area contributed by atoms with Crippen LogP contribution in [0.1, 0.15) is 22.8 Å². The van der Waals surface area contributed by atoms with E-state index >= 15 is 0 Å². The highest BCUT2D eigenvalue weighted by Crippen LogP contribution is 2.06. The van der Waals surface area contributed by atoms with E-state index in [-0.39, 0.29) is 5.97 Å². The summed E-state index contributed by atoms with van der Waals surface area (Å²) in [6, 6.07) is 7.55. The largest absolute Gasteiger partial charge is 0.461 e. The second-order valence-corrected chi connectivity index (χ2v) is 3.99. The summed E-state index contributed by atoms with van der Waals surface area (Å²) in [7, 11) is 3.90. The van der Waals surface area contributed by atoms with Gasteiger partial charge in [0.15, 0.2) is 0 Å². The van der Waals surface area contributed by atoms with Crippen LogP contribution in [0.2, 0.25) is 0 Å². The number of benzene rings is 1. The van der Waals surface area contributed by atoms with Gasteiger partial charge in [-0.05, 0) is 38.2 Å². The molecule has 0 fully saturated rings. The van der Waals surface area contributed by atoms with E-state index in [1.165, 1.54) is 5.56 Å². The second-order valence-electron chi connectivity index (χ2n) is 3.99. The first-order valence-corrected chi connectivity index (χ1v) is 5.54. The number of hydrogen-bond acceptors (Lipinski definition) is 3. The van der Waals surface area contributed by atoms with Gasteiger partial charge in [-0.3, -0.25) is 0 Å². The monoisotopic (exact) mass is 221 g/mol. The molecule has 0 spiro atoms. The first kappa shape index (κ1) is 12.7. The maximum absolute atomic E-state index is 11.6. The van der Waals surface area contributed by atoms with Gasteiger partial charge in [0.05, 0.1) is 5.56 Å². The normalized spacial score (nSPS) is 10.5. The van der Waals surface area contributed by atoms with Crippen molar-refractivity contribution in [3.63, 3.8) is 0 Å². The van der Waals surface area contributed by atoms with Crippen LogP contribution in [0.15, 0.2) is 24.3 Å². The van der Waals surface area contributed by atoms with Gasteiger partial charge in [0, 0.05) is 6.54 Å². The Morgan fingerprint density at radius 1 is 1.25 bits per heavy atom. The van der Waals surface area contributed by atoms with E-state index in [1.807, 2.05) is 43.3 Å². The standard InChI is InChI=1S/C13H19NO2/c1-4-11-5-7-12(8-6-11)13(15)16-10-9-14(2)3/h5-8H,4,9-10H2,1-3H3. The zero-order valence-corrected chi connectivity index (χ0v) is 10.2. The number of aryl methyl sites for hydroxylation is 1. The van der Waals surface area contributed by atoms with Crippen molar-refractivity contribution in [2.45, 2.75) is 13.3 Å². The minimum Gasteiger partial charge on any atom is -0.461 e. The Morgan fingerprint density at radius 3 is 2.38 bits per heavy atom. The molecule has 0 heterocycles. The molecule has 16 heavy (non-hydrogen) atoms. The van der Waals surface area contributed by atoms with Gasteiger partial charge in [-0.15, -0.1) is 0 Å². The summed E-state index contributed by atoms with van der Waals surface area (Å²) in [6.45, 7) is 3.27. The lowest BCUT2D eigenvalue weighted by Gasteiger charge is -2.10. The minimum absolute atomic E-state index is 0.246. The van der Waals surface area contributed by atoms with Gasteiger partial charge >= 0.3 is 5.97 Å². The predicted molar refractivity (Wildman–Crippen MR) is 64.7 cm³/mol. The number of hydrogen-bond donors (Lipinski definition) is 0. The molecule has 0 aromatic heterocycles. The van der Waals surface area contributed by atoms with Crippen LogP contribution in [0, 0.1) is 0 Å². The molecule has 0 saturated carbocycles. The number of ether oxygens (including phenoxy) is 1. The molecule has 0 unspecified atom stereocenters. The fraction of sp³-hybridized carbons (Fsp3) is 0.462. The lowest BCUT2D eigenvalue weighted by molar-refractivity contribution is 0.0482. The van der Waals surface area contributed by atoms with E-state index in [2.05, 4.69) is 6.92 Å². The van der Waals surface area contributed by atoms with Crippen molar-refractivity contribution in [3.05, 3.63) is 35.4 Å². The summed E-state index contributed by atoms with van der Waals surface area (Å²) >= 11 is 0. The molecule has 1 aromatic carbocycles. The van der Waals surface area contributed by atoms with E-state index in [0.29, 0.717) is 12.2 Å². The Kier molecular flexibility index (Phi) is 4.99. The molecule has 88 valence electrons. The van der Waals surface area contributed by atoms with E-state index in [9.17, 15) is 4.79 Å². The number of carbonyl (C=O) groups excluding carboxylic acids is 1. The lowest BCUT2D eigenvalue weighted by Crippen LogP contribution is -2.20. The molecule has 0 bridgehead atoms. The molecule has 1 rings (SSSR count). The molecule has 0 aliphatic carbocycles. The minimum atomic E-state index is -0.246. The van der Waals surface area contributed by atoms with Crippen molar-refractivity contribution in [2.24, 2.45) is 0 Å². The Bertz CT molecular complexity index is 330. The number of rotatable bonds is 5. The van der Waals surface area contributed by atoms with Gasteiger partial charge in [-0.25, -0.2) is 4.79 Å². The van der Waals surface area contributed by atoms with Crippen molar-refractivity contribution in [3.8, 4) is 0 Å². The first-order chi connectivity index (χ1) is 7.63. The maximum Gasteiger partial charge on any atom is 0.338 e. The highest BCUT2D eigenvalue weighted by Gasteiger charge is 2.06. The molecular formula is C13H19NO2. The van der Waals surface area contributed by atoms with E-state index in [4.69, 9.17) is 4.74 Å². The first-order valence-electron chi connectivity index (χ1n) is 5.54. The van der Waals surface area contributed by atoms with Crippen LogP contribution in [0.5, 0.6) is 0 Å². The fourth-order valence-electron chi connectivity index (χ4n) is 1.28. The smallest absolute Gasteiger partial charge is 0.338 e. The van der Waals surface area contributed by atoms with Crippen molar-refractivity contribution in [1.29, 1.82) is 0 Å². The third-order valence-electron chi connectivity index (χ3n) is 2.37. The average Bonchev–Trinajstić information content (AvgIpc) is 2.28. The average molecular weight is 221 g/mol. The fourth-order valence-corrected chi connectivity index (χ4v) is 1.28. The van der Waals surface area contributed by atoms with Gasteiger partial charge in [0.1, 0.15) is 6.61 Å². The number of nitrogens with zero attached hydrogens (tertiary/aromatic N) is 1. The molecule has 0 saturated heterocycles. The van der Waals surface area contributed by atoms with Crippen molar-refractivity contribution < 1.29 is 9.53 Å². The Morgan fingerprint density at radius 2 is 1.88 bits per heavy atom. The summed E-state index contributed by atoms with van der Waals surface area (Å²) in [4.78, 5) is 13.6. The highest BCUT2D eigenvalue weighted by molar-refractivity contribution is 5.89. The number of esters is 1. The van der Waals surface area contributed by atoms with Crippen LogP contribution in [-0.4, -0.2) is 38.1 Å². The van der Waals surface area contributed by atoms with Crippen LogP contribution in [-0.2, 0) is 11.2 Å². The summed E-state index contributed by atoms with van der Waals surface area (Å²) < 4.78 is 5.13. The number of likely N-dealkylation sites (N-methyl/N-ethyl adjacent to an activating group) is 1. The van der Waals surface area contributed by atoms with Gasteiger partial charge in [0.2, 0.25) is 0 Å². The SMILES string of the molecule is CCc1ccc(C(=O)OCCN(C)C)cc1. The lowest BCUT2D eigenvalue weighted by atomic mass is 10.1. The zero-order chi connectivity index (χ0) is 12.0. The molecule has 0 N–H and O–H groups in total. The molecule has 0 aliphatic heterocycles. The molecule has 3 nitrogen and oxygen atoms in total. The quantitative estimate of drug-likeness (QED) is 0.712. The van der Waals surface area contributed by atoms with Gasteiger partial charge in [-0.1, -0.05) is 19.1 Å². The highest BCUT2D eigenvalue weighted by atomic mass is 16.5. The van der Waals surface area contributed by atoms with Crippen LogP contribution in [0.25, 0.3) is 0 Å². The van der Waals surface area contributed by atoms with Gasteiger partial charge < -0.3 is 9.64 Å². The van der Waals surface area contributed by atoms with Crippen LogP contribution < -0.4 is 0 Å². The molecule has 1 aromatic rings. The van der Waals surface area contributed by atoms with Gasteiger partial charge in [0.25, 0.3) is 0 Å². The summed E-state index contributed by atoms with van der Waals surface area (Å²) in [5.41, 5.74) is 1.85. The summed E-state index contributed by atoms with van der Waals surface area (Å²) in [6.07, 6.45) is 0.982. The Labute approximate surface area is 97.0 Å². The Balaban J connectivity index is 2.46. The van der Waals surface area contributed by atoms with Crippen molar-refractivity contribution in [1.82, 2.24) is 4.90 Å². The third-order valence-corrected chi connectivity index (χ3v) is 2.37. The molecule has 0 radical (unpaired) electrons. The molecule has 0 amide bonds. The van der Waals surface area contributed by atoms with Crippen LogP contribution >= 0.6 is 0 Å². The third kappa shape index (κ3) is 4.03.